The lowest BCUT2D eigenvalue weighted by atomic mass is 9.63. The van der Waals surface area contributed by atoms with Gasteiger partial charge in [-0.05, 0) is 60.8 Å². The number of hydrogen-bond acceptors (Lipinski definition) is 1. The highest BCUT2D eigenvalue weighted by atomic mass is 28.3. The van der Waals surface area contributed by atoms with Gasteiger partial charge in [0, 0.05) is 14.7 Å². The van der Waals surface area contributed by atoms with Gasteiger partial charge in [0.2, 0.25) is 5.91 Å². The Morgan fingerprint density at radius 1 is 0.882 bits per heavy atom. The Hall–Kier alpha value is -0.833. The molecule has 0 aromatic carbocycles. The van der Waals surface area contributed by atoms with Crippen LogP contribution in [-0.4, -0.2) is 14.7 Å². The summed E-state index contributed by atoms with van der Waals surface area (Å²) in [5.74, 6) is 0.117. The lowest BCUT2D eigenvalue weighted by molar-refractivity contribution is -0.128. The molecule has 2 aliphatic rings. The number of carbonyl (C=O) groups is 1. The number of hydrogen-bond donors (Lipinski definition) is 0. The third kappa shape index (κ3) is 6.68. The highest BCUT2D eigenvalue weighted by molar-refractivity contribution is 6.58. The van der Waals surface area contributed by atoms with Gasteiger partial charge in [0.25, 0.3) is 0 Å². The van der Waals surface area contributed by atoms with Gasteiger partial charge in [-0.1, -0.05) is 117 Å². The fourth-order valence-corrected chi connectivity index (χ4v) is 9.99. The minimum Gasteiger partial charge on any atom is -0.272 e. The van der Waals surface area contributed by atoms with Gasteiger partial charge in [-0.3, -0.25) is 10.5 Å². The van der Waals surface area contributed by atoms with Crippen LogP contribution in [0.1, 0.15) is 137 Å². The molecule has 34 heavy (non-hydrogen) atoms. The Balaban J connectivity index is 2.41. The Labute approximate surface area is 214 Å². The third-order valence-corrected chi connectivity index (χ3v) is 11.6. The van der Waals surface area contributed by atoms with Crippen molar-refractivity contribution in [3.63, 3.8) is 0 Å². The molecule has 0 heterocycles. The maximum Gasteiger partial charge on any atom is 0.248 e. The molecule has 3 atom stereocenters. The van der Waals surface area contributed by atoms with Crippen LogP contribution >= 0.6 is 0 Å². The first-order valence-corrected chi connectivity index (χ1v) is 18.1. The molecule has 1 radical (unpaired) electrons. The van der Waals surface area contributed by atoms with Crippen molar-refractivity contribution in [2.75, 3.05) is 0 Å². The Bertz CT molecular complexity index is 706. The summed E-state index contributed by atoms with van der Waals surface area (Å²) >= 11 is 0. The van der Waals surface area contributed by atoms with Crippen LogP contribution in [-0.2, 0) is 4.79 Å². The number of amides is 1. The van der Waals surface area contributed by atoms with Gasteiger partial charge in [0.05, 0.1) is 5.41 Å². The van der Waals surface area contributed by atoms with Crippen LogP contribution in [0.2, 0.25) is 18.6 Å². The van der Waals surface area contributed by atoms with E-state index in [0.29, 0.717) is 11.5 Å². The molecule has 0 aromatic heterocycles. The molecular formula is C31H56NOSi. The van der Waals surface area contributed by atoms with Crippen molar-refractivity contribution >= 4 is 14.7 Å². The number of nitrogens with one attached hydrogen (secondary N) is 1. The average molecular weight is 487 g/mol. The SMILES string of the molecule is CCCCCCCCC1=C(CCCCCC)C(CC)=C(C2(C([NH])=O)CCCCC2[SiH](C)C)C1C. The van der Waals surface area contributed by atoms with Crippen molar-refractivity contribution in [1.82, 2.24) is 5.73 Å². The summed E-state index contributed by atoms with van der Waals surface area (Å²) in [7, 11) is -1.06. The van der Waals surface area contributed by atoms with Crippen molar-refractivity contribution in [2.45, 2.75) is 155 Å². The van der Waals surface area contributed by atoms with Crippen LogP contribution in [0.25, 0.3) is 0 Å². The molecular weight excluding hydrogens is 430 g/mol. The minimum absolute atomic E-state index is 0.252. The fraction of sp³-hybridized carbons (Fsp3) is 0.839. The number of carbonyl (C=O) groups excluding carboxylic acids is 1. The summed E-state index contributed by atoms with van der Waals surface area (Å²) < 4.78 is 0. The molecule has 1 fully saturated rings. The van der Waals surface area contributed by atoms with Crippen molar-refractivity contribution in [3.05, 3.63) is 22.3 Å². The second-order valence-electron chi connectivity index (χ2n) is 11.7. The molecule has 0 saturated heterocycles. The second-order valence-corrected chi connectivity index (χ2v) is 15.0. The van der Waals surface area contributed by atoms with Crippen LogP contribution in [0.15, 0.2) is 22.3 Å². The van der Waals surface area contributed by atoms with E-state index in [-0.39, 0.29) is 5.91 Å². The molecule has 1 saturated carbocycles. The van der Waals surface area contributed by atoms with E-state index in [1.54, 1.807) is 11.1 Å². The van der Waals surface area contributed by atoms with E-state index < -0.39 is 14.2 Å². The molecule has 2 nitrogen and oxygen atoms in total. The minimum atomic E-state index is -1.06. The monoisotopic (exact) mass is 486 g/mol. The van der Waals surface area contributed by atoms with Crippen molar-refractivity contribution in [2.24, 2.45) is 11.3 Å². The first-order chi connectivity index (χ1) is 16.4. The van der Waals surface area contributed by atoms with Gasteiger partial charge >= 0.3 is 0 Å². The van der Waals surface area contributed by atoms with Gasteiger partial charge in [-0.2, -0.15) is 0 Å². The quantitative estimate of drug-likeness (QED) is 0.158. The van der Waals surface area contributed by atoms with Crippen LogP contribution in [0.3, 0.4) is 0 Å². The first kappa shape index (κ1) is 29.4. The molecule has 1 amide bonds. The Morgan fingerprint density at radius 3 is 2.06 bits per heavy atom. The van der Waals surface area contributed by atoms with Gasteiger partial charge in [-0.15, -0.1) is 0 Å². The first-order valence-electron chi connectivity index (χ1n) is 15.1. The zero-order valence-corrected chi connectivity index (χ0v) is 24.8. The van der Waals surface area contributed by atoms with E-state index in [9.17, 15) is 4.79 Å². The normalized spacial score (nSPS) is 25.6. The molecule has 2 aliphatic carbocycles. The fourth-order valence-electron chi connectivity index (χ4n) is 7.46. The number of rotatable bonds is 16. The van der Waals surface area contributed by atoms with Crippen LogP contribution in [0.5, 0.6) is 0 Å². The zero-order chi connectivity index (χ0) is 25.1. The van der Waals surface area contributed by atoms with Crippen molar-refractivity contribution < 1.29 is 4.79 Å². The van der Waals surface area contributed by atoms with Crippen LogP contribution < -0.4 is 5.73 Å². The lowest BCUT2D eigenvalue weighted by Gasteiger charge is -2.47. The predicted octanol–water partition coefficient (Wildman–Crippen LogP) is 9.59. The standard InChI is InChI=1S/C31H56NOSi/c1-7-10-12-14-15-17-20-26-24(4)29(25(9-3)27(26)21-16-13-11-8-2)31(30(32)33)23-19-18-22-28(31)34(5)6/h24,28,32,34H,7-23H2,1-6H3. The van der Waals surface area contributed by atoms with Gasteiger partial charge in [0.15, 0.2) is 0 Å². The highest BCUT2D eigenvalue weighted by Gasteiger charge is 2.53. The molecule has 195 valence electrons. The lowest BCUT2D eigenvalue weighted by Crippen LogP contribution is -2.46. The maximum atomic E-state index is 13.3. The Morgan fingerprint density at radius 2 is 1.47 bits per heavy atom. The number of unbranched alkanes of at least 4 members (excludes halogenated alkanes) is 8. The van der Waals surface area contributed by atoms with Gasteiger partial charge < -0.3 is 0 Å². The summed E-state index contributed by atoms with van der Waals surface area (Å²) in [4.78, 5) is 13.3. The van der Waals surface area contributed by atoms with E-state index in [4.69, 9.17) is 5.73 Å². The molecule has 3 heteroatoms. The van der Waals surface area contributed by atoms with Crippen molar-refractivity contribution in [1.29, 1.82) is 0 Å². The average Bonchev–Trinajstić information content (AvgIpc) is 3.09. The third-order valence-electron chi connectivity index (χ3n) is 9.13. The van der Waals surface area contributed by atoms with Crippen molar-refractivity contribution in [3.8, 4) is 0 Å². The smallest absolute Gasteiger partial charge is 0.248 e. The van der Waals surface area contributed by atoms with Crippen LogP contribution in [0, 0.1) is 11.3 Å². The zero-order valence-electron chi connectivity index (χ0n) is 23.7. The topological polar surface area (TPSA) is 40.9 Å². The molecule has 0 aromatic rings. The second kappa shape index (κ2) is 14.7. The van der Waals surface area contributed by atoms with Gasteiger partial charge in [-0.25, -0.2) is 0 Å². The predicted molar refractivity (Wildman–Crippen MR) is 152 cm³/mol. The molecule has 0 aliphatic heterocycles. The summed E-state index contributed by atoms with van der Waals surface area (Å²) in [5.41, 5.74) is 14.9. The molecule has 0 bridgehead atoms. The number of allylic oxidation sites excluding steroid dienone is 3. The highest BCUT2D eigenvalue weighted by Crippen LogP contribution is 2.59. The van der Waals surface area contributed by atoms with E-state index in [1.165, 1.54) is 101 Å². The summed E-state index contributed by atoms with van der Waals surface area (Å²) in [6, 6.07) is 0. The largest absolute Gasteiger partial charge is 0.272 e. The van der Waals surface area contributed by atoms with E-state index in [0.717, 1.165) is 19.3 Å². The van der Waals surface area contributed by atoms with Crippen LogP contribution in [0.4, 0.5) is 0 Å². The van der Waals surface area contributed by atoms with E-state index in [1.807, 2.05) is 0 Å². The molecule has 1 N–H and O–H groups in total. The van der Waals surface area contributed by atoms with E-state index >= 15 is 0 Å². The Kier molecular flexibility index (Phi) is 12.7. The summed E-state index contributed by atoms with van der Waals surface area (Å²) in [5, 5.41) is 0. The summed E-state index contributed by atoms with van der Waals surface area (Å²) in [6.07, 6.45) is 21.1. The molecule has 0 spiro atoms. The summed E-state index contributed by atoms with van der Waals surface area (Å²) in [6.45, 7) is 14.2. The van der Waals surface area contributed by atoms with E-state index in [2.05, 4.69) is 40.8 Å². The van der Waals surface area contributed by atoms with Gasteiger partial charge in [0.1, 0.15) is 0 Å². The molecule has 2 rings (SSSR count). The maximum absolute atomic E-state index is 13.3. The molecule has 3 unspecified atom stereocenters.